The van der Waals surface area contributed by atoms with Crippen LogP contribution in [0.3, 0.4) is 0 Å². The molecule has 0 saturated heterocycles. The Labute approximate surface area is 157 Å². The van der Waals surface area contributed by atoms with Crippen molar-refractivity contribution in [2.24, 2.45) is 0 Å². The van der Waals surface area contributed by atoms with Gasteiger partial charge in [-0.2, -0.15) is 4.98 Å². The molecule has 1 saturated carbocycles. The molecule has 0 radical (unpaired) electrons. The van der Waals surface area contributed by atoms with Gasteiger partial charge in [-0.3, -0.25) is 4.90 Å². The fourth-order valence-electron chi connectivity index (χ4n) is 3.04. The SMILES string of the molecule is COc1ccccc1CN(Cc1nc(-c2cccc(Cl)c2)no1)C1CC1. The summed E-state index contributed by atoms with van der Waals surface area (Å²) >= 11 is 6.05. The molecule has 6 heteroatoms. The third-order valence-corrected chi connectivity index (χ3v) is 4.75. The molecule has 1 aliphatic carbocycles. The number of para-hydroxylation sites is 1. The van der Waals surface area contributed by atoms with Gasteiger partial charge < -0.3 is 9.26 Å². The molecule has 134 valence electrons. The number of hydrogen-bond donors (Lipinski definition) is 0. The molecule has 0 unspecified atom stereocenters. The second kappa shape index (κ2) is 7.48. The molecule has 0 bridgehead atoms. The van der Waals surface area contributed by atoms with Crippen molar-refractivity contribution in [1.29, 1.82) is 0 Å². The monoisotopic (exact) mass is 369 g/mol. The van der Waals surface area contributed by atoms with Crippen LogP contribution in [0.4, 0.5) is 0 Å². The summed E-state index contributed by atoms with van der Waals surface area (Å²) < 4.78 is 11.0. The Morgan fingerprint density at radius 2 is 2.00 bits per heavy atom. The van der Waals surface area contributed by atoms with E-state index in [-0.39, 0.29) is 0 Å². The molecule has 26 heavy (non-hydrogen) atoms. The van der Waals surface area contributed by atoms with Crippen molar-refractivity contribution in [2.75, 3.05) is 7.11 Å². The lowest BCUT2D eigenvalue weighted by molar-refractivity contribution is 0.207. The molecular formula is C20H20ClN3O2. The molecule has 1 heterocycles. The highest BCUT2D eigenvalue weighted by atomic mass is 35.5. The molecule has 4 rings (SSSR count). The lowest BCUT2D eigenvalue weighted by atomic mass is 10.2. The highest BCUT2D eigenvalue weighted by Gasteiger charge is 2.30. The van der Waals surface area contributed by atoms with Gasteiger partial charge >= 0.3 is 0 Å². The van der Waals surface area contributed by atoms with Gasteiger partial charge in [-0.1, -0.05) is 47.1 Å². The average molecular weight is 370 g/mol. The van der Waals surface area contributed by atoms with Crippen molar-refractivity contribution in [3.63, 3.8) is 0 Å². The van der Waals surface area contributed by atoms with Gasteiger partial charge in [-0.25, -0.2) is 0 Å². The van der Waals surface area contributed by atoms with E-state index in [1.807, 2.05) is 42.5 Å². The first-order valence-electron chi connectivity index (χ1n) is 8.67. The van der Waals surface area contributed by atoms with Gasteiger partial charge in [0.15, 0.2) is 0 Å². The number of halogens is 1. The Hall–Kier alpha value is -2.37. The Morgan fingerprint density at radius 3 is 2.77 bits per heavy atom. The Bertz CT molecular complexity index is 892. The molecule has 0 spiro atoms. The van der Waals surface area contributed by atoms with E-state index in [4.69, 9.17) is 20.9 Å². The summed E-state index contributed by atoms with van der Waals surface area (Å²) in [5.41, 5.74) is 2.02. The molecule has 3 aromatic rings. The molecule has 0 N–H and O–H groups in total. The number of aromatic nitrogens is 2. The first kappa shape index (κ1) is 17.1. The highest BCUT2D eigenvalue weighted by molar-refractivity contribution is 6.30. The van der Waals surface area contributed by atoms with E-state index in [9.17, 15) is 0 Å². The molecule has 1 fully saturated rings. The van der Waals surface area contributed by atoms with Crippen LogP contribution in [0.15, 0.2) is 53.1 Å². The molecule has 1 aliphatic rings. The van der Waals surface area contributed by atoms with E-state index < -0.39 is 0 Å². The zero-order chi connectivity index (χ0) is 17.9. The number of rotatable bonds is 7. The van der Waals surface area contributed by atoms with E-state index in [1.165, 1.54) is 12.8 Å². The predicted octanol–water partition coefficient (Wildman–Crippen LogP) is 4.56. The van der Waals surface area contributed by atoms with Crippen molar-refractivity contribution in [3.05, 3.63) is 65.0 Å². The van der Waals surface area contributed by atoms with Crippen LogP contribution in [0.1, 0.15) is 24.3 Å². The number of hydrogen-bond acceptors (Lipinski definition) is 5. The van der Waals surface area contributed by atoms with Crippen LogP contribution < -0.4 is 4.74 Å². The minimum atomic E-state index is 0.557. The van der Waals surface area contributed by atoms with Crippen LogP contribution in [-0.2, 0) is 13.1 Å². The van der Waals surface area contributed by atoms with Crippen LogP contribution in [0.5, 0.6) is 5.75 Å². The highest BCUT2D eigenvalue weighted by Crippen LogP contribution is 2.31. The summed E-state index contributed by atoms with van der Waals surface area (Å²) in [6, 6.07) is 16.1. The van der Waals surface area contributed by atoms with Crippen LogP contribution in [0.2, 0.25) is 5.02 Å². The van der Waals surface area contributed by atoms with Gasteiger partial charge in [0, 0.05) is 28.7 Å². The third kappa shape index (κ3) is 3.89. The van der Waals surface area contributed by atoms with Gasteiger partial charge in [0.1, 0.15) is 5.75 Å². The number of benzene rings is 2. The summed E-state index contributed by atoms with van der Waals surface area (Å²) in [5, 5.41) is 4.76. The zero-order valence-corrected chi connectivity index (χ0v) is 15.3. The standard InChI is InChI=1S/C20H20ClN3O2/c1-25-18-8-3-2-5-15(18)12-24(17-9-10-17)13-19-22-20(23-26-19)14-6-4-7-16(21)11-14/h2-8,11,17H,9-10,12-13H2,1H3. The Morgan fingerprint density at radius 1 is 1.15 bits per heavy atom. The summed E-state index contributed by atoms with van der Waals surface area (Å²) in [7, 11) is 1.70. The maximum atomic E-state index is 6.05. The fraction of sp³-hybridized carbons (Fsp3) is 0.300. The molecule has 5 nitrogen and oxygen atoms in total. The van der Waals surface area contributed by atoms with Crippen molar-refractivity contribution >= 4 is 11.6 Å². The molecular weight excluding hydrogens is 350 g/mol. The lowest BCUT2D eigenvalue weighted by Gasteiger charge is -2.21. The second-order valence-corrected chi connectivity index (χ2v) is 6.91. The van der Waals surface area contributed by atoms with Gasteiger partial charge in [0.2, 0.25) is 11.7 Å². The normalized spacial score (nSPS) is 14.0. The first-order valence-corrected chi connectivity index (χ1v) is 9.05. The molecule has 1 aromatic heterocycles. The topological polar surface area (TPSA) is 51.4 Å². The second-order valence-electron chi connectivity index (χ2n) is 6.47. The maximum Gasteiger partial charge on any atom is 0.241 e. The van der Waals surface area contributed by atoms with E-state index in [2.05, 4.69) is 21.1 Å². The van der Waals surface area contributed by atoms with E-state index in [0.717, 1.165) is 23.4 Å². The third-order valence-electron chi connectivity index (χ3n) is 4.52. The average Bonchev–Trinajstić information content (AvgIpc) is 3.40. The first-order chi connectivity index (χ1) is 12.7. The van der Waals surface area contributed by atoms with E-state index in [0.29, 0.717) is 29.3 Å². The summed E-state index contributed by atoms with van der Waals surface area (Å²) in [4.78, 5) is 6.91. The minimum absolute atomic E-state index is 0.557. The van der Waals surface area contributed by atoms with Gasteiger partial charge in [0.25, 0.3) is 0 Å². The van der Waals surface area contributed by atoms with Crippen LogP contribution in [0.25, 0.3) is 11.4 Å². The summed E-state index contributed by atoms with van der Waals surface area (Å²) in [6.07, 6.45) is 2.40. The summed E-state index contributed by atoms with van der Waals surface area (Å²) in [6.45, 7) is 1.42. The number of nitrogens with zero attached hydrogens (tertiary/aromatic N) is 3. The molecule has 2 aromatic carbocycles. The van der Waals surface area contributed by atoms with Crippen molar-refractivity contribution in [1.82, 2.24) is 15.0 Å². The van der Waals surface area contributed by atoms with Crippen molar-refractivity contribution in [3.8, 4) is 17.1 Å². The predicted molar refractivity (Wildman–Crippen MR) is 100 cm³/mol. The smallest absolute Gasteiger partial charge is 0.241 e. The number of methoxy groups -OCH3 is 1. The van der Waals surface area contributed by atoms with Crippen molar-refractivity contribution in [2.45, 2.75) is 32.0 Å². The molecule has 0 aliphatic heterocycles. The van der Waals surface area contributed by atoms with Crippen molar-refractivity contribution < 1.29 is 9.26 Å². The Kier molecular flexibility index (Phi) is 4.91. The van der Waals surface area contributed by atoms with Gasteiger partial charge in [-0.05, 0) is 31.0 Å². The van der Waals surface area contributed by atoms with Crippen LogP contribution in [0, 0.1) is 0 Å². The van der Waals surface area contributed by atoms with E-state index >= 15 is 0 Å². The fourth-order valence-corrected chi connectivity index (χ4v) is 3.23. The van der Waals surface area contributed by atoms with E-state index in [1.54, 1.807) is 7.11 Å². The lowest BCUT2D eigenvalue weighted by Crippen LogP contribution is -2.25. The summed E-state index contributed by atoms with van der Waals surface area (Å²) in [5.74, 6) is 2.08. The maximum absolute atomic E-state index is 6.05. The van der Waals surface area contributed by atoms with Crippen LogP contribution >= 0.6 is 11.6 Å². The Balaban J connectivity index is 1.51. The van der Waals surface area contributed by atoms with Gasteiger partial charge in [-0.15, -0.1) is 0 Å². The largest absolute Gasteiger partial charge is 0.496 e. The number of ether oxygens (including phenoxy) is 1. The van der Waals surface area contributed by atoms with Gasteiger partial charge in [0.05, 0.1) is 13.7 Å². The molecule has 0 atom stereocenters. The zero-order valence-electron chi connectivity index (χ0n) is 14.6. The quantitative estimate of drug-likeness (QED) is 0.611. The minimum Gasteiger partial charge on any atom is -0.496 e. The molecule has 0 amide bonds. The van der Waals surface area contributed by atoms with Crippen LogP contribution in [-0.4, -0.2) is 28.2 Å².